The summed E-state index contributed by atoms with van der Waals surface area (Å²) in [7, 11) is 4.04. The van der Waals surface area contributed by atoms with Crippen LogP contribution >= 0.6 is 0 Å². The van der Waals surface area contributed by atoms with Gasteiger partial charge >= 0.3 is 6.01 Å². The molecule has 0 unspecified atom stereocenters. The van der Waals surface area contributed by atoms with Crippen molar-refractivity contribution in [2.75, 3.05) is 9.80 Å². The fourth-order valence-corrected chi connectivity index (χ4v) is 4.04. The van der Waals surface area contributed by atoms with Crippen LogP contribution in [0.3, 0.4) is 0 Å². The van der Waals surface area contributed by atoms with E-state index >= 15 is 0 Å². The second-order valence-electron chi connectivity index (χ2n) is 7.08. The quantitative estimate of drug-likeness (QED) is 0.688. The molecule has 1 aliphatic rings. The molecule has 25 heavy (non-hydrogen) atoms. The van der Waals surface area contributed by atoms with Gasteiger partial charge in [-0.1, -0.05) is 12.1 Å². The summed E-state index contributed by atoms with van der Waals surface area (Å²) in [6, 6.07) is 9.28. The zero-order valence-electron chi connectivity index (χ0n) is 15.3. The van der Waals surface area contributed by atoms with Crippen LogP contribution in [0.25, 0.3) is 0 Å². The molecule has 3 aromatic rings. The third kappa shape index (κ3) is 2.17. The highest BCUT2D eigenvalue weighted by molar-refractivity contribution is 5.81. The van der Waals surface area contributed by atoms with Gasteiger partial charge in [0.05, 0.1) is 18.3 Å². The van der Waals surface area contributed by atoms with E-state index in [0.29, 0.717) is 0 Å². The Morgan fingerprint density at radius 1 is 1.20 bits per heavy atom. The number of aromatic nitrogens is 3. The number of nitrogens with zero attached hydrogens (tertiary/aromatic N) is 5. The molecule has 1 aliphatic heterocycles. The van der Waals surface area contributed by atoms with E-state index in [1.807, 2.05) is 37.3 Å². The first-order valence-electron chi connectivity index (χ1n) is 8.51. The molecular formula is C19H24N5O+. The Kier molecular flexibility index (Phi) is 3.39. The fourth-order valence-electron chi connectivity index (χ4n) is 4.04. The first-order chi connectivity index (χ1) is 11.9. The molecule has 2 aromatic heterocycles. The van der Waals surface area contributed by atoms with E-state index in [0.717, 1.165) is 17.5 Å². The van der Waals surface area contributed by atoms with Crippen LogP contribution in [0.1, 0.15) is 26.6 Å². The van der Waals surface area contributed by atoms with Gasteiger partial charge < -0.3 is 13.9 Å². The molecule has 0 saturated heterocycles. The third-order valence-corrected chi connectivity index (χ3v) is 5.08. The van der Waals surface area contributed by atoms with Crippen LogP contribution in [0.2, 0.25) is 0 Å². The summed E-state index contributed by atoms with van der Waals surface area (Å²) in [6.07, 6.45) is 7.58. The average Bonchev–Trinajstić information content (AvgIpc) is 3.24. The Balaban J connectivity index is 1.88. The number of oxazole rings is 1. The van der Waals surface area contributed by atoms with Gasteiger partial charge in [0.15, 0.2) is 11.9 Å². The Morgan fingerprint density at radius 2 is 1.92 bits per heavy atom. The monoisotopic (exact) mass is 338 g/mol. The third-order valence-electron chi connectivity index (χ3n) is 5.08. The summed E-state index contributed by atoms with van der Waals surface area (Å²) in [5.74, 6) is 1.03. The molecule has 1 aromatic carbocycles. The van der Waals surface area contributed by atoms with Crippen molar-refractivity contribution in [3.8, 4) is 0 Å². The van der Waals surface area contributed by atoms with Gasteiger partial charge in [0.2, 0.25) is 0 Å². The van der Waals surface area contributed by atoms with Crippen molar-refractivity contribution in [2.24, 2.45) is 14.1 Å². The molecule has 0 radical (unpaired) electrons. The number of fused-ring (bicyclic) bond motifs is 1. The van der Waals surface area contributed by atoms with Crippen molar-refractivity contribution >= 4 is 17.4 Å². The maximum atomic E-state index is 5.79. The van der Waals surface area contributed by atoms with E-state index in [1.54, 1.807) is 6.26 Å². The lowest BCUT2D eigenvalue weighted by Crippen LogP contribution is -2.51. The number of imidazole rings is 1. The molecule has 6 heteroatoms. The van der Waals surface area contributed by atoms with Gasteiger partial charge in [-0.3, -0.25) is 0 Å². The van der Waals surface area contributed by atoms with Crippen molar-refractivity contribution < 1.29 is 8.98 Å². The van der Waals surface area contributed by atoms with Crippen LogP contribution in [0.5, 0.6) is 0 Å². The lowest BCUT2D eigenvalue weighted by Gasteiger charge is -2.38. The lowest BCUT2D eigenvalue weighted by atomic mass is 10.00. The van der Waals surface area contributed by atoms with E-state index in [4.69, 9.17) is 4.42 Å². The molecule has 0 N–H and O–H groups in total. The van der Waals surface area contributed by atoms with E-state index < -0.39 is 0 Å². The molecule has 0 saturated carbocycles. The maximum Gasteiger partial charge on any atom is 0.463 e. The minimum Gasteiger partial charge on any atom is -0.396 e. The van der Waals surface area contributed by atoms with Gasteiger partial charge in [-0.25, -0.2) is 9.55 Å². The minimum absolute atomic E-state index is 0.0847. The average molecular weight is 338 g/mol. The summed E-state index contributed by atoms with van der Waals surface area (Å²) >= 11 is 0. The van der Waals surface area contributed by atoms with E-state index in [9.17, 15) is 0 Å². The normalized spacial score (nSPS) is 17.2. The highest BCUT2D eigenvalue weighted by Gasteiger charge is 2.49. The lowest BCUT2D eigenvalue weighted by molar-refractivity contribution is -0.660. The van der Waals surface area contributed by atoms with E-state index in [2.05, 4.69) is 64.4 Å². The van der Waals surface area contributed by atoms with Gasteiger partial charge in [0.1, 0.15) is 18.3 Å². The molecular weight excluding hydrogens is 314 g/mol. The molecule has 3 heterocycles. The van der Waals surface area contributed by atoms with Gasteiger partial charge in [-0.2, -0.15) is 4.90 Å². The summed E-state index contributed by atoms with van der Waals surface area (Å²) < 4.78 is 9.88. The van der Waals surface area contributed by atoms with Crippen LogP contribution in [0, 0.1) is 0 Å². The second-order valence-corrected chi connectivity index (χ2v) is 7.08. The van der Waals surface area contributed by atoms with Gasteiger partial charge in [-0.15, -0.1) is 0 Å². The number of aryl methyl sites for hydroxylation is 2. The zero-order chi connectivity index (χ0) is 17.8. The Labute approximate surface area is 147 Å². The molecule has 0 bridgehead atoms. The van der Waals surface area contributed by atoms with Crippen molar-refractivity contribution in [3.63, 3.8) is 0 Å². The Bertz CT molecular complexity index is 910. The number of benzene rings is 1. The number of hydrogen-bond acceptors (Lipinski definition) is 4. The van der Waals surface area contributed by atoms with Crippen LogP contribution in [0.4, 0.5) is 17.4 Å². The summed E-state index contributed by atoms with van der Waals surface area (Å²) in [4.78, 5) is 9.26. The van der Waals surface area contributed by atoms with E-state index in [1.165, 1.54) is 5.69 Å². The van der Waals surface area contributed by atoms with Crippen LogP contribution in [-0.2, 0) is 19.6 Å². The van der Waals surface area contributed by atoms with E-state index in [-0.39, 0.29) is 11.7 Å². The topological polar surface area (TPSA) is 41.3 Å². The van der Waals surface area contributed by atoms with Crippen LogP contribution < -0.4 is 14.4 Å². The standard InChI is InChI=1S/C19H24N5O/c1-14-23(18-22(5)12-13-25-18)15-8-6-7-9-16(15)24(14)19(2,3)17-20-10-11-21(17)4/h6-14H,1-5H3/q+1/t14-/m1/s1. The van der Waals surface area contributed by atoms with Gasteiger partial charge in [-0.05, 0) is 32.9 Å². The highest BCUT2D eigenvalue weighted by atomic mass is 16.4. The van der Waals surface area contributed by atoms with Gasteiger partial charge in [0.25, 0.3) is 0 Å². The molecule has 1 atom stereocenters. The number of para-hydroxylation sites is 2. The summed E-state index contributed by atoms with van der Waals surface area (Å²) in [5, 5.41) is 0. The van der Waals surface area contributed by atoms with Gasteiger partial charge in [0, 0.05) is 19.4 Å². The highest BCUT2D eigenvalue weighted by Crippen LogP contribution is 2.48. The zero-order valence-corrected chi connectivity index (χ0v) is 15.3. The number of hydrogen-bond donors (Lipinski definition) is 0. The van der Waals surface area contributed by atoms with Crippen molar-refractivity contribution in [2.45, 2.75) is 32.5 Å². The van der Waals surface area contributed by atoms with Crippen molar-refractivity contribution in [1.29, 1.82) is 0 Å². The first-order valence-corrected chi connectivity index (χ1v) is 8.51. The second kappa shape index (κ2) is 5.37. The Morgan fingerprint density at radius 3 is 2.52 bits per heavy atom. The van der Waals surface area contributed by atoms with Crippen molar-refractivity contribution in [3.05, 3.63) is 54.9 Å². The number of rotatable bonds is 3. The number of anilines is 3. The SMILES string of the molecule is C[C@@H]1N(c2occ[n+]2C)c2ccccc2N1C(C)(C)c1nccn1C. The van der Waals surface area contributed by atoms with Crippen molar-refractivity contribution in [1.82, 2.24) is 9.55 Å². The predicted octanol–water partition coefficient (Wildman–Crippen LogP) is 3.08. The molecule has 0 amide bonds. The first kappa shape index (κ1) is 15.7. The molecule has 0 spiro atoms. The largest absolute Gasteiger partial charge is 0.463 e. The predicted molar refractivity (Wildman–Crippen MR) is 96.6 cm³/mol. The molecule has 130 valence electrons. The van der Waals surface area contributed by atoms with Crippen LogP contribution in [0.15, 0.2) is 53.5 Å². The summed E-state index contributed by atoms with van der Waals surface area (Å²) in [6.45, 7) is 6.63. The molecule has 6 nitrogen and oxygen atoms in total. The maximum absolute atomic E-state index is 5.79. The molecule has 0 fully saturated rings. The van der Waals surface area contributed by atoms with Crippen LogP contribution in [-0.4, -0.2) is 15.7 Å². The molecule has 0 aliphatic carbocycles. The summed E-state index contributed by atoms with van der Waals surface area (Å²) in [5.41, 5.74) is 2.04. The Hall–Kier alpha value is -2.76. The molecule has 4 rings (SSSR count). The fraction of sp³-hybridized carbons (Fsp3) is 0.368. The minimum atomic E-state index is -0.284. The smallest absolute Gasteiger partial charge is 0.396 e.